The number of anilines is 1. The fourth-order valence-corrected chi connectivity index (χ4v) is 2.29. The van der Waals surface area contributed by atoms with Gasteiger partial charge >= 0.3 is 0 Å². The van der Waals surface area contributed by atoms with Gasteiger partial charge in [-0.3, -0.25) is 4.98 Å². The van der Waals surface area contributed by atoms with E-state index in [0.29, 0.717) is 17.5 Å². The SMILES string of the molecule is CC1CCN(c2cnccc2C(N)=S)CC1O. The number of thiocarbonyl (C=S) groups is 1. The van der Waals surface area contributed by atoms with Gasteiger partial charge in [0.05, 0.1) is 18.0 Å². The third-order valence-corrected chi connectivity index (χ3v) is 3.54. The maximum absolute atomic E-state index is 9.91. The van der Waals surface area contributed by atoms with Crippen molar-refractivity contribution in [1.29, 1.82) is 0 Å². The molecular weight excluding hydrogens is 234 g/mol. The molecule has 2 unspecified atom stereocenters. The summed E-state index contributed by atoms with van der Waals surface area (Å²) < 4.78 is 0. The molecule has 0 aliphatic carbocycles. The Morgan fingerprint density at radius 2 is 2.41 bits per heavy atom. The summed E-state index contributed by atoms with van der Waals surface area (Å²) in [7, 11) is 0. The van der Waals surface area contributed by atoms with E-state index in [1.165, 1.54) is 0 Å². The molecule has 0 saturated carbocycles. The Morgan fingerprint density at radius 1 is 1.65 bits per heavy atom. The van der Waals surface area contributed by atoms with Crippen LogP contribution in [0.5, 0.6) is 0 Å². The lowest BCUT2D eigenvalue weighted by Crippen LogP contribution is -2.43. The number of piperidine rings is 1. The Morgan fingerprint density at radius 3 is 3.06 bits per heavy atom. The molecule has 2 heterocycles. The molecule has 0 spiro atoms. The summed E-state index contributed by atoms with van der Waals surface area (Å²) >= 11 is 5.03. The van der Waals surface area contributed by atoms with Crippen LogP contribution in [0.15, 0.2) is 18.5 Å². The van der Waals surface area contributed by atoms with Gasteiger partial charge in [-0.25, -0.2) is 0 Å². The van der Waals surface area contributed by atoms with Crippen LogP contribution >= 0.6 is 12.2 Å². The van der Waals surface area contributed by atoms with Gasteiger partial charge in [0.15, 0.2) is 0 Å². The van der Waals surface area contributed by atoms with Crippen molar-refractivity contribution in [2.75, 3.05) is 18.0 Å². The first-order chi connectivity index (χ1) is 8.09. The van der Waals surface area contributed by atoms with Crippen LogP contribution in [0.2, 0.25) is 0 Å². The van der Waals surface area contributed by atoms with Gasteiger partial charge in [-0.1, -0.05) is 19.1 Å². The minimum absolute atomic E-state index is 0.303. The molecule has 0 radical (unpaired) electrons. The van der Waals surface area contributed by atoms with Crippen LogP contribution in [0, 0.1) is 5.92 Å². The normalized spacial score (nSPS) is 24.7. The molecule has 17 heavy (non-hydrogen) atoms. The zero-order valence-electron chi connectivity index (χ0n) is 9.84. The molecule has 0 bridgehead atoms. The van der Waals surface area contributed by atoms with E-state index in [-0.39, 0.29) is 6.10 Å². The number of aliphatic hydroxyl groups excluding tert-OH is 1. The predicted octanol–water partition coefficient (Wildman–Crippen LogP) is 0.923. The summed E-state index contributed by atoms with van der Waals surface area (Å²) in [6.45, 7) is 3.59. The Balaban J connectivity index is 2.25. The molecule has 5 heteroatoms. The molecule has 0 amide bonds. The number of hydrogen-bond acceptors (Lipinski definition) is 4. The molecule has 92 valence electrons. The van der Waals surface area contributed by atoms with Crippen molar-refractivity contribution in [3.63, 3.8) is 0 Å². The number of pyridine rings is 1. The van der Waals surface area contributed by atoms with E-state index in [2.05, 4.69) is 16.8 Å². The highest BCUT2D eigenvalue weighted by Crippen LogP contribution is 2.25. The van der Waals surface area contributed by atoms with Crippen LogP contribution in [0.1, 0.15) is 18.9 Å². The predicted molar refractivity (Wildman–Crippen MR) is 72.1 cm³/mol. The summed E-state index contributed by atoms with van der Waals surface area (Å²) in [5.41, 5.74) is 7.45. The summed E-state index contributed by atoms with van der Waals surface area (Å²) in [5, 5.41) is 9.91. The number of β-amino-alcohol motifs (C(OH)–C–C–N with tert-alkyl or cyclic N) is 1. The van der Waals surface area contributed by atoms with Gasteiger partial charge < -0.3 is 15.7 Å². The largest absolute Gasteiger partial charge is 0.391 e. The number of nitrogens with two attached hydrogens (primary N) is 1. The van der Waals surface area contributed by atoms with E-state index in [1.807, 2.05) is 6.07 Å². The number of aliphatic hydroxyl groups is 1. The van der Waals surface area contributed by atoms with Crippen LogP contribution in [0.25, 0.3) is 0 Å². The van der Waals surface area contributed by atoms with Gasteiger partial charge in [-0.05, 0) is 18.4 Å². The molecule has 1 aliphatic rings. The minimum Gasteiger partial charge on any atom is -0.391 e. The summed E-state index contributed by atoms with van der Waals surface area (Å²) in [4.78, 5) is 6.58. The van der Waals surface area contributed by atoms with Crippen molar-refractivity contribution in [2.45, 2.75) is 19.4 Å². The Bertz CT molecular complexity index is 424. The zero-order valence-corrected chi connectivity index (χ0v) is 10.7. The van der Waals surface area contributed by atoms with E-state index < -0.39 is 0 Å². The molecule has 1 aromatic rings. The molecule has 2 rings (SSSR count). The average molecular weight is 251 g/mol. The first-order valence-corrected chi connectivity index (χ1v) is 6.17. The minimum atomic E-state index is -0.303. The van der Waals surface area contributed by atoms with Crippen molar-refractivity contribution < 1.29 is 5.11 Å². The maximum atomic E-state index is 9.91. The molecule has 0 aromatic carbocycles. The molecule has 4 nitrogen and oxygen atoms in total. The molecule has 1 saturated heterocycles. The highest BCUT2D eigenvalue weighted by molar-refractivity contribution is 7.80. The Labute approximate surface area is 106 Å². The Hall–Kier alpha value is -1.20. The summed E-state index contributed by atoms with van der Waals surface area (Å²) in [5.74, 6) is 0.344. The highest BCUT2D eigenvalue weighted by atomic mass is 32.1. The maximum Gasteiger partial charge on any atom is 0.106 e. The lowest BCUT2D eigenvalue weighted by atomic mass is 9.95. The third kappa shape index (κ3) is 2.56. The fourth-order valence-electron chi connectivity index (χ4n) is 2.11. The zero-order chi connectivity index (χ0) is 12.4. The third-order valence-electron chi connectivity index (χ3n) is 3.32. The van der Waals surface area contributed by atoms with E-state index in [0.717, 1.165) is 24.2 Å². The Kier molecular flexibility index (Phi) is 3.59. The van der Waals surface area contributed by atoms with E-state index >= 15 is 0 Å². The van der Waals surface area contributed by atoms with Crippen molar-refractivity contribution in [1.82, 2.24) is 4.98 Å². The molecular formula is C12H17N3OS. The highest BCUT2D eigenvalue weighted by Gasteiger charge is 2.25. The molecule has 1 fully saturated rings. The quantitative estimate of drug-likeness (QED) is 0.765. The number of aromatic nitrogens is 1. The first-order valence-electron chi connectivity index (χ1n) is 5.76. The topological polar surface area (TPSA) is 62.4 Å². The van der Waals surface area contributed by atoms with Crippen LogP contribution in [0.3, 0.4) is 0 Å². The van der Waals surface area contributed by atoms with Crippen LogP contribution < -0.4 is 10.6 Å². The molecule has 3 N–H and O–H groups in total. The van der Waals surface area contributed by atoms with E-state index in [4.69, 9.17) is 18.0 Å². The number of rotatable bonds is 2. The van der Waals surface area contributed by atoms with E-state index in [1.54, 1.807) is 12.4 Å². The first kappa shape index (κ1) is 12.3. The van der Waals surface area contributed by atoms with Gasteiger partial charge in [0.25, 0.3) is 0 Å². The fraction of sp³-hybridized carbons (Fsp3) is 0.500. The number of nitrogens with zero attached hydrogens (tertiary/aromatic N) is 2. The second kappa shape index (κ2) is 4.98. The van der Waals surface area contributed by atoms with Gasteiger partial charge in [0.1, 0.15) is 4.99 Å². The van der Waals surface area contributed by atoms with E-state index in [9.17, 15) is 5.11 Å². The van der Waals surface area contributed by atoms with Crippen molar-refractivity contribution >= 4 is 22.9 Å². The van der Waals surface area contributed by atoms with Crippen LogP contribution in [-0.4, -0.2) is 34.3 Å². The van der Waals surface area contributed by atoms with Crippen LogP contribution in [0.4, 0.5) is 5.69 Å². The summed E-state index contributed by atoms with van der Waals surface area (Å²) in [6.07, 6.45) is 4.11. The molecule has 1 aromatic heterocycles. The second-order valence-electron chi connectivity index (χ2n) is 4.54. The van der Waals surface area contributed by atoms with Crippen molar-refractivity contribution in [3.05, 3.63) is 24.0 Å². The van der Waals surface area contributed by atoms with Gasteiger partial charge in [-0.15, -0.1) is 0 Å². The molecule has 1 aliphatic heterocycles. The average Bonchev–Trinajstić information content (AvgIpc) is 2.32. The lowest BCUT2D eigenvalue weighted by molar-refractivity contribution is 0.103. The van der Waals surface area contributed by atoms with Crippen molar-refractivity contribution in [2.24, 2.45) is 11.7 Å². The van der Waals surface area contributed by atoms with Gasteiger partial charge in [0, 0.05) is 24.8 Å². The molecule has 2 atom stereocenters. The smallest absolute Gasteiger partial charge is 0.106 e. The van der Waals surface area contributed by atoms with Gasteiger partial charge in [0.2, 0.25) is 0 Å². The second-order valence-corrected chi connectivity index (χ2v) is 4.98. The van der Waals surface area contributed by atoms with Crippen LogP contribution in [-0.2, 0) is 0 Å². The van der Waals surface area contributed by atoms with Crippen molar-refractivity contribution in [3.8, 4) is 0 Å². The number of hydrogen-bond donors (Lipinski definition) is 2. The summed E-state index contributed by atoms with van der Waals surface area (Å²) in [6, 6.07) is 1.82. The van der Waals surface area contributed by atoms with Gasteiger partial charge in [-0.2, -0.15) is 0 Å². The standard InChI is InChI=1S/C12H17N3OS/c1-8-3-5-15(7-11(8)16)10-6-14-4-2-9(10)12(13)17/h2,4,6,8,11,16H,3,5,7H2,1H3,(H2,13,17). The lowest BCUT2D eigenvalue weighted by Gasteiger charge is -2.36. The monoisotopic (exact) mass is 251 g/mol.